The van der Waals surface area contributed by atoms with Crippen molar-refractivity contribution in [2.75, 3.05) is 7.11 Å². The van der Waals surface area contributed by atoms with Gasteiger partial charge in [-0.2, -0.15) is 4.40 Å². The molecule has 0 saturated carbocycles. The number of benzene rings is 1. The summed E-state index contributed by atoms with van der Waals surface area (Å²) in [5, 5.41) is 0.527. The topological polar surface area (TPSA) is 38.7 Å². The Labute approximate surface area is 109 Å². The van der Waals surface area contributed by atoms with Crippen LogP contribution in [-0.2, 0) is 11.0 Å². The second-order valence-electron chi connectivity index (χ2n) is 4.48. The zero-order valence-corrected chi connectivity index (χ0v) is 11.9. The van der Waals surface area contributed by atoms with E-state index < -0.39 is 11.0 Å². The van der Waals surface area contributed by atoms with Crippen molar-refractivity contribution in [2.24, 2.45) is 4.40 Å². The normalized spacial score (nSPS) is 13.9. The van der Waals surface area contributed by atoms with Crippen LogP contribution in [0.15, 0.2) is 22.6 Å². The molecular weight excluding hydrogens is 258 g/mol. The zero-order valence-electron chi connectivity index (χ0n) is 10.4. The molecule has 0 aliphatic rings. The van der Waals surface area contributed by atoms with E-state index in [1.165, 1.54) is 6.21 Å². The van der Waals surface area contributed by atoms with Crippen LogP contribution in [0.25, 0.3) is 0 Å². The van der Waals surface area contributed by atoms with Crippen molar-refractivity contribution in [1.82, 2.24) is 0 Å². The molecule has 0 aliphatic carbocycles. The highest BCUT2D eigenvalue weighted by atomic mass is 35.5. The molecule has 0 N–H and O–H groups in total. The smallest absolute Gasteiger partial charge is 0.144 e. The first-order valence-electron chi connectivity index (χ1n) is 5.14. The molecule has 0 radical (unpaired) electrons. The molecule has 1 aromatic carbocycles. The molecule has 3 nitrogen and oxygen atoms in total. The van der Waals surface area contributed by atoms with Gasteiger partial charge in [-0.25, -0.2) is 4.21 Å². The third-order valence-corrected chi connectivity index (χ3v) is 3.69. The van der Waals surface area contributed by atoms with Gasteiger partial charge in [0.25, 0.3) is 0 Å². The number of methoxy groups -OCH3 is 1. The summed E-state index contributed by atoms with van der Waals surface area (Å²) in [6.45, 7) is 5.61. The minimum absolute atomic E-state index is 0.366. The van der Waals surface area contributed by atoms with Gasteiger partial charge < -0.3 is 4.74 Å². The second-order valence-corrected chi connectivity index (χ2v) is 6.82. The lowest BCUT2D eigenvalue weighted by atomic mass is 10.2. The van der Waals surface area contributed by atoms with Crippen molar-refractivity contribution in [3.63, 3.8) is 0 Å². The minimum Gasteiger partial charge on any atom is -0.497 e. The van der Waals surface area contributed by atoms with Crippen LogP contribution in [0.1, 0.15) is 26.3 Å². The summed E-state index contributed by atoms with van der Waals surface area (Å²) in [7, 11) is 0.304. The first kappa shape index (κ1) is 14.2. The van der Waals surface area contributed by atoms with E-state index in [0.29, 0.717) is 10.8 Å². The van der Waals surface area contributed by atoms with E-state index in [1.54, 1.807) is 25.3 Å². The fraction of sp³-hybridized carbons (Fsp3) is 0.417. The van der Waals surface area contributed by atoms with E-state index in [9.17, 15) is 4.21 Å². The number of hydrogen-bond donors (Lipinski definition) is 0. The lowest BCUT2D eigenvalue weighted by molar-refractivity contribution is 0.415. The molecule has 0 saturated heterocycles. The van der Waals surface area contributed by atoms with Crippen LogP contribution >= 0.6 is 11.6 Å². The molecule has 0 unspecified atom stereocenters. The van der Waals surface area contributed by atoms with Crippen molar-refractivity contribution >= 4 is 28.8 Å². The number of nitrogens with zero attached hydrogens (tertiary/aromatic N) is 1. The van der Waals surface area contributed by atoms with Gasteiger partial charge in [-0.1, -0.05) is 11.6 Å². The predicted octanol–water partition coefficient (Wildman–Crippen LogP) is 3.23. The standard InChI is InChI=1S/C12H16ClNO2S/c1-12(2,3)17(15)14-8-9-5-6-10(16-4)7-11(9)13/h5-8H,1-4H3/b14-8+/t17-/m1/s1. The van der Waals surface area contributed by atoms with E-state index in [0.717, 1.165) is 5.56 Å². The highest BCUT2D eigenvalue weighted by Crippen LogP contribution is 2.21. The average Bonchev–Trinajstić information content (AvgIpc) is 2.25. The number of ether oxygens (including phenoxy) is 1. The molecule has 0 aliphatic heterocycles. The number of hydrogen-bond acceptors (Lipinski definition) is 2. The van der Waals surface area contributed by atoms with Gasteiger partial charge in [0.1, 0.15) is 16.7 Å². The fourth-order valence-corrected chi connectivity index (χ4v) is 1.75. The Morgan fingerprint density at radius 3 is 2.53 bits per heavy atom. The Balaban J connectivity index is 2.89. The lowest BCUT2D eigenvalue weighted by Crippen LogP contribution is -2.19. The minimum atomic E-state index is -1.27. The average molecular weight is 274 g/mol. The van der Waals surface area contributed by atoms with Gasteiger partial charge in [0.15, 0.2) is 0 Å². The summed E-state index contributed by atoms with van der Waals surface area (Å²) in [6.07, 6.45) is 1.53. The number of rotatable bonds is 3. The Bertz CT molecular complexity index is 452. The Kier molecular flexibility index (Phi) is 4.71. The number of halogens is 1. The van der Waals surface area contributed by atoms with Gasteiger partial charge in [0.2, 0.25) is 0 Å². The zero-order chi connectivity index (χ0) is 13.1. The molecule has 0 bridgehead atoms. The Morgan fingerprint density at radius 1 is 1.41 bits per heavy atom. The summed E-state index contributed by atoms with van der Waals surface area (Å²) in [5.41, 5.74) is 0.727. The van der Waals surface area contributed by atoms with E-state index in [2.05, 4.69) is 4.40 Å². The summed E-state index contributed by atoms with van der Waals surface area (Å²) >= 11 is 6.04. The fourth-order valence-electron chi connectivity index (χ4n) is 1.00. The van der Waals surface area contributed by atoms with E-state index in [-0.39, 0.29) is 4.75 Å². The predicted molar refractivity (Wildman–Crippen MR) is 73.5 cm³/mol. The van der Waals surface area contributed by atoms with Crippen LogP contribution < -0.4 is 4.74 Å². The van der Waals surface area contributed by atoms with Crippen LogP contribution in [0, 0.1) is 0 Å². The van der Waals surface area contributed by atoms with Gasteiger partial charge in [0.05, 0.1) is 16.9 Å². The maximum Gasteiger partial charge on any atom is 0.144 e. The van der Waals surface area contributed by atoms with Crippen LogP contribution in [-0.4, -0.2) is 22.3 Å². The lowest BCUT2D eigenvalue weighted by Gasteiger charge is -2.12. The molecule has 0 spiro atoms. The molecule has 0 aromatic heterocycles. The molecule has 1 atom stereocenters. The molecule has 94 valence electrons. The Morgan fingerprint density at radius 2 is 2.06 bits per heavy atom. The van der Waals surface area contributed by atoms with Crippen molar-refractivity contribution in [2.45, 2.75) is 25.5 Å². The van der Waals surface area contributed by atoms with Crippen LogP contribution in [0.2, 0.25) is 5.02 Å². The summed E-state index contributed by atoms with van der Waals surface area (Å²) in [4.78, 5) is 0. The third kappa shape index (κ3) is 4.13. The van der Waals surface area contributed by atoms with Crippen LogP contribution in [0.3, 0.4) is 0 Å². The van der Waals surface area contributed by atoms with E-state index >= 15 is 0 Å². The summed E-state index contributed by atoms with van der Waals surface area (Å²) in [5.74, 6) is 0.684. The van der Waals surface area contributed by atoms with Crippen LogP contribution in [0.5, 0.6) is 5.75 Å². The quantitative estimate of drug-likeness (QED) is 0.793. The maximum absolute atomic E-state index is 11.7. The van der Waals surface area contributed by atoms with Crippen LogP contribution in [0.4, 0.5) is 0 Å². The highest BCUT2D eigenvalue weighted by Gasteiger charge is 2.18. The third-order valence-electron chi connectivity index (χ3n) is 2.02. The SMILES string of the molecule is COc1ccc(/C=N/[S@](=O)C(C)(C)C)c(Cl)c1. The molecule has 0 fully saturated rings. The maximum atomic E-state index is 11.7. The van der Waals surface area contributed by atoms with E-state index in [1.807, 2.05) is 20.8 Å². The largest absolute Gasteiger partial charge is 0.497 e. The van der Waals surface area contributed by atoms with Crippen molar-refractivity contribution in [1.29, 1.82) is 0 Å². The highest BCUT2D eigenvalue weighted by molar-refractivity contribution is 7.85. The van der Waals surface area contributed by atoms with Crippen molar-refractivity contribution < 1.29 is 8.95 Å². The molecule has 1 aromatic rings. The van der Waals surface area contributed by atoms with Crippen molar-refractivity contribution in [3.05, 3.63) is 28.8 Å². The van der Waals surface area contributed by atoms with Gasteiger partial charge in [0, 0.05) is 11.8 Å². The van der Waals surface area contributed by atoms with Gasteiger partial charge >= 0.3 is 0 Å². The first-order chi connectivity index (χ1) is 7.84. The van der Waals surface area contributed by atoms with Gasteiger partial charge in [-0.05, 0) is 39.0 Å². The molecule has 17 heavy (non-hydrogen) atoms. The first-order valence-corrected chi connectivity index (χ1v) is 6.62. The molecule has 1 rings (SSSR count). The van der Waals surface area contributed by atoms with Gasteiger partial charge in [-0.15, -0.1) is 0 Å². The molecule has 0 amide bonds. The monoisotopic (exact) mass is 273 g/mol. The molecule has 0 heterocycles. The molecular formula is C12H16ClNO2S. The summed E-state index contributed by atoms with van der Waals surface area (Å²) in [6, 6.07) is 5.26. The Hall–Kier alpha value is -0.870. The second kappa shape index (κ2) is 5.65. The van der Waals surface area contributed by atoms with E-state index in [4.69, 9.17) is 16.3 Å². The summed E-state index contributed by atoms with van der Waals surface area (Å²) < 4.78 is 20.4. The van der Waals surface area contributed by atoms with Crippen molar-refractivity contribution in [3.8, 4) is 5.75 Å². The molecule has 5 heteroatoms. The van der Waals surface area contributed by atoms with Gasteiger partial charge in [-0.3, -0.25) is 0 Å².